The molecule has 0 fully saturated rings. The summed E-state index contributed by atoms with van der Waals surface area (Å²) in [5.74, 6) is 0.378. The molecule has 4 aromatic rings. The van der Waals surface area contributed by atoms with Gasteiger partial charge in [0.15, 0.2) is 14.1 Å². The van der Waals surface area contributed by atoms with Crippen molar-refractivity contribution >= 4 is 40.2 Å². The number of rotatable bonds is 11. The molecule has 14 heteroatoms. The fourth-order valence-electron chi connectivity index (χ4n) is 4.50. The number of para-hydroxylation sites is 1. The molecule has 2 aromatic carbocycles. The van der Waals surface area contributed by atoms with Gasteiger partial charge in [-0.3, -0.25) is 14.3 Å². The van der Waals surface area contributed by atoms with Gasteiger partial charge in [-0.05, 0) is 67.9 Å². The monoisotopic (exact) mass is 719 g/mol. The van der Waals surface area contributed by atoms with E-state index in [1.165, 1.54) is 31.8 Å². The maximum Gasteiger partial charge on any atom is 0.243 e. The number of sulfonamides is 1. The third-order valence-electron chi connectivity index (χ3n) is 8.07. The number of anilines is 1. The number of hydrogen-bond acceptors (Lipinski definition) is 8. The van der Waals surface area contributed by atoms with E-state index in [0.717, 1.165) is 5.56 Å². The zero-order chi connectivity index (χ0) is 33.3. The molecule has 0 aliphatic carbocycles. The molecule has 0 spiro atoms. The minimum atomic E-state index is -4.30. The minimum absolute atomic E-state index is 0.122. The molecule has 0 aliphatic rings. The minimum Gasteiger partial charge on any atom is -0.494 e. The summed E-state index contributed by atoms with van der Waals surface area (Å²) < 4.78 is 66.6. The Kier molecular flexibility index (Phi) is 10.1. The van der Waals surface area contributed by atoms with Crippen LogP contribution in [-0.4, -0.2) is 56.0 Å². The third-order valence-corrected chi connectivity index (χ3v) is 14.7. The second-order valence-corrected chi connectivity index (χ2v) is 20.0. The lowest BCUT2D eigenvalue weighted by atomic mass is 10.1. The van der Waals surface area contributed by atoms with Crippen LogP contribution >= 0.6 is 15.9 Å². The first kappa shape index (κ1) is 34.5. The number of halogens is 2. The van der Waals surface area contributed by atoms with Gasteiger partial charge < -0.3 is 13.9 Å². The maximum absolute atomic E-state index is 15.5. The van der Waals surface area contributed by atoms with Gasteiger partial charge in [0.25, 0.3) is 0 Å². The molecule has 2 aromatic heterocycles. The number of ether oxygens (including phenoxy) is 2. The van der Waals surface area contributed by atoms with E-state index >= 15 is 4.39 Å². The topological polar surface area (TPSA) is 117 Å². The van der Waals surface area contributed by atoms with Gasteiger partial charge in [-0.15, -0.1) is 10.2 Å². The van der Waals surface area contributed by atoms with Crippen molar-refractivity contribution in [2.75, 3.05) is 18.9 Å². The Labute approximate surface area is 273 Å². The molecule has 0 amide bonds. The van der Waals surface area contributed by atoms with Gasteiger partial charge >= 0.3 is 0 Å². The van der Waals surface area contributed by atoms with Crippen molar-refractivity contribution in [3.05, 3.63) is 76.3 Å². The van der Waals surface area contributed by atoms with Crippen LogP contribution in [0.1, 0.15) is 44.9 Å². The van der Waals surface area contributed by atoms with Crippen LogP contribution in [0.4, 0.5) is 10.3 Å². The molecule has 2 heterocycles. The predicted octanol–water partition coefficient (Wildman–Crippen LogP) is 7.45. The zero-order valence-electron chi connectivity index (χ0n) is 26.8. The Morgan fingerprint density at radius 3 is 2.22 bits per heavy atom. The highest BCUT2D eigenvalue weighted by Gasteiger charge is 2.44. The zero-order valence-corrected chi connectivity index (χ0v) is 30.2. The summed E-state index contributed by atoms with van der Waals surface area (Å²) >= 11 is 3.29. The number of aromatic nitrogens is 4. The fourth-order valence-corrected chi connectivity index (χ4v) is 7.35. The van der Waals surface area contributed by atoms with Gasteiger partial charge in [0.05, 0.1) is 20.3 Å². The van der Waals surface area contributed by atoms with Crippen molar-refractivity contribution in [2.24, 2.45) is 0 Å². The van der Waals surface area contributed by atoms with Crippen molar-refractivity contribution in [3.63, 3.8) is 0 Å². The first-order chi connectivity index (χ1) is 21.0. The Balaban J connectivity index is 1.88. The van der Waals surface area contributed by atoms with Crippen molar-refractivity contribution in [1.29, 1.82) is 0 Å². The Bertz CT molecular complexity index is 1770. The SMILES string of the molecule is COc1cccc(OC)c1-n1c(NS(=O)(=O)[C@@H](C)[C@@H](O[Si](C)(C)C(C)(C)C)c2ccc(Br)cc2F)nnc1-c1cncc(C)c1. The second-order valence-electron chi connectivity index (χ2n) is 12.3. The number of benzene rings is 2. The van der Waals surface area contributed by atoms with Crippen LogP contribution in [-0.2, 0) is 14.4 Å². The molecule has 2 atom stereocenters. The highest BCUT2D eigenvalue weighted by Crippen LogP contribution is 2.43. The smallest absolute Gasteiger partial charge is 0.243 e. The number of aryl methyl sites for hydroxylation is 1. The lowest BCUT2D eigenvalue weighted by molar-refractivity contribution is 0.177. The summed E-state index contributed by atoms with van der Waals surface area (Å²) in [4.78, 5) is 4.28. The van der Waals surface area contributed by atoms with Crippen molar-refractivity contribution < 1.29 is 26.7 Å². The number of hydrogen-bond donors (Lipinski definition) is 1. The normalized spacial score (nSPS) is 13.8. The standard InChI is InChI=1S/C31H39BrFN5O5SSi/c1-19-15-21(18-34-17-19)29-35-36-30(38(29)27-25(41-6)11-10-12-26(27)42-7)37-44(39,40)20(2)28(43-45(8,9)31(3,4)5)23-14-13-22(32)16-24(23)33/h10-18,20,28H,1-9H3,(H,36,37)/t20-,28+/m0/s1. The van der Waals surface area contributed by atoms with Crippen molar-refractivity contribution in [2.45, 2.75) is 64.1 Å². The van der Waals surface area contributed by atoms with E-state index in [-0.39, 0.29) is 16.6 Å². The number of nitrogens with zero attached hydrogens (tertiary/aromatic N) is 4. The fraction of sp³-hybridized carbons (Fsp3) is 0.387. The van der Waals surface area contributed by atoms with Gasteiger partial charge in [0, 0.05) is 28.0 Å². The Morgan fingerprint density at radius 1 is 1.02 bits per heavy atom. The lowest BCUT2D eigenvalue weighted by Gasteiger charge is -2.41. The van der Waals surface area contributed by atoms with Gasteiger partial charge in [-0.1, -0.05) is 48.8 Å². The van der Waals surface area contributed by atoms with E-state index in [1.54, 1.807) is 42.7 Å². The van der Waals surface area contributed by atoms with Gasteiger partial charge in [-0.25, -0.2) is 12.8 Å². The Morgan fingerprint density at radius 2 is 1.67 bits per heavy atom. The molecule has 0 aliphatic heterocycles. The van der Waals surface area contributed by atoms with Crippen molar-refractivity contribution in [1.82, 2.24) is 19.7 Å². The van der Waals surface area contributed by atoms with E-state index in [2.05, 4.69) is 35.8 Å². The Hall–Kier alpha value is -3.33. The summed E-state index contributed by atoms with van der Waals surface area (Å²) in [5, 5.41) is 7.10. The van der Waals surface area contributed by atoms with Crippen molar-refractivity contribution in [3.8, 4) is 28.6 Å². The first-order valence-corrected chi connectivity index (χ1v) is 19.5. The van der Waals surface area contributed by atoms with E-state index in [1.807, 2.05) is 46.9 Å². The lowest BCUT2D eigenvalue weighted by Crippen LogP contribution is -2.45. The average molecular weight is 721 g/mol. The molecule has 0 saturated carbocycles. The molecule has 45 heavy (non-hydrogen) atoms. The molecule has 0 saturated heterocycles. The van der Waals surface area contributed by atoms with Gasteiger partial charge in [0.2, 0.25) is 16.0 Å². The van der Waals surface area contributed by atoms with Crippen LogP contribution in [0.3, 0.4) is 0 Å². The van der Waals surface area contributed by atoms with Crippen LogP contribution in [0.5, 0.6) is 11.5 Å². The predicted molar refractivity (Wildman–Crippen MR) is 180 cm³/mol. The summed E-state index contributed by atoms with van der Waals surface area (Å²) in [6, 6.07) is 11.6. The first-order valence-electron chi connectivity index (χ1n) is 14.2. The van der Waals surface area contributed by atoms with E-state index in [4.69, 9.17) is 13.9 Å². The highest BCUT2D eigenvalue weighted by molar-refractivity contribution is 9.10. The molecule has 0 radical (unpaired) electrons. The summed E-state index contributed by atoms with van der Waals surface area (Å²) in [6.45, 7) is 13.5. The molecule has 0 unspecified atom stereocenters. The van der Waals surface area contributed by atoms with Crippen LogP contribution < -0.4 is 14.2 Å². The molecular formula is C31H39BrFN5O5SSi. The summed E-state index contributed by atoms with van der Waals surface area (Å²) in [5.41, 5.74) is 1.97. The number of pyridine rings is 1. The van der Waals surface area contributed by atoms with Crippen LogP contribution in [0, 0.1) is 12.7 Å². The van der Waals surface area contributed by atoms with E-state index in [0.29, 0.717) is 33.0 Å². The largest absolute Gasteiger partial charge is 0.494 e. The molecule has 4 rings (SSSR count). The molecule has 242 valence electrons. The van der Waals surface area contributed by atoms with Gasteiger partial charge in [-0.2, -0.15) is 0 Å². The van der Waals surface area contributed by atoms with Crippen LogP contribution in [0.2, 0.25) is 18.1 Å². The van der Waals surface area contributed by atoms with Crippen LogP contribution in [0.15, 0.2) is 59.3 Å². The molecule has 0 bridgehead atoms. The quantitative estimate of drug-likeness (QED) is 0.159. The summed E-state index contributed by atoms with van der Waals surface area (Å²) in [6.07, 6.45) is 2.17. The molecule has 10 nitrogen and oxygen atoms in total. The third kappa shape index (κ3) is 7.24. The number of methoxy groups -OCH3 is 2. The van der Waals surface area contributed by atoms with E-state index < -0.39 is 35.5 Å². The average Bonchev–Trinajstić information content (AvgIpc) is 3.36. The van der Waals surface area contributed by atoms with Gasteiger partial charge in [0.1, 0.15) is 28.3 Å². The highest BCUT2D eigenvalue weighted by atomic mass is 79.9. The van der Waals surface area contributed by atoms with E-state index in [9.17, 15) is 8.42 Å². The molecule has 1 N–H and O–H groups in total. The number of nitrogens with one attached hydrogen (secondary N) is 1. The second kappa shape index (κ2) is 13.2. The summed E-state index contributed by atoms with van der Waals surface area (Å²) in [7, 11) is -3.91. The molecular weight excluding hydrogens is 681 g/mol. The van der Waals surface area contributed by atoms with Crippen LogP contribution in [0.25, 0.3) is 17.1 Å². The maximum atomic E-state index is 15.5.